The summed E-state index contributed by atoms with van der Waals surface area (Å²) < 4.78 is 11.8. The average Bonchev–Trinajstić information content (AvgIpc) is 3.27. The lowest BCUT2D eigenvalue weighted by atomic mass is 9.99. The van der Waals surface area contributed by atoms with Crippen molar-refractivity contribution in [3.8, 4) is 11.5 Å². The molecular weight excluding hydrogens is 380 g/mol. The maximum Gasteiger partial charge on any atom is 0.232 e. The molecular formula is C24H24N2O4. The second kappa shape index (κ2) is 7.31. The Bertz CT molecular complexity index is 1140. The molecule has 3 aromatic rings. The number of aryl methyl sites for hydroxylation is 1. The van der Waals surface area contributed by atoms with Crippen LogP contribution in [-0.4, -0.2) is 43.9 Å². The van der Waals surface area contributed by atoms with Crippen LogP contribution >= 0.6 is 0 Å². The molecule has 1 aromatic heterocycles. The highest BCUT2D eigenvalue weighted by molar-refractivity contribution is 6.15. The Balaban J connectivity index is 1.49. The van der Waals surface area contributed by atoms with E-state index in [1.54, 1.807) is 19.1 Å². The molecule has 0 bridgehead atoms. The molecule has 1 N–H and O–H groups in total. The van der Waals surface area contributed by atoms with E-state index in [1.165, 1.54) is 4.90 Å². The highest BCUT2D eigenvalue weighted by Crippen LogP contribution is 2.40. The molecule has 1 fully saturated rings. The van der Waals surface area contributed by atoms with Crippen LogP contribution in [0.1, 0.15) is 27.2 Å². The first-order valence-electron chi connectivity index (χ1n) is 10.3. The number of allylic oxidation sites excluding steroid dienone is 1. The Hall–Kier alpha value is -3.09. The fourth-order valence-corrected chi connectivity index (χ4v) is 4.30. The number of rotatable bonds is 3. The average molecular weight is 404 g/mol. The number of nitrogens with one attached hydrogen (secondary N) is 1. The predicted molar refractivity (Wildman–Crippen MR) is 112 cm³/mol. The van der Waals surface area contributed by atoms with E-state index >= 15 is 0 Å². The van der Waals surface area contributed by atoms with Crippen LogP contribution in [0.2, 0.25) is 0 Å². The van der Waals surface area contributed by atoms with E-state index in [1.807, 2.05) is 30.3 Å². The van der Waals surface area contributed by atoms with Crippen molar-refractivity contribution >= 4 is 22.8 Å². The number of ether oxygens (including phenoxy) is 1. The van der Waals surface area contributed by atoms with E-state index in [9.17, 15) is 9.90 Å². The molecule has 5 rings (SSSR count). The Morgan fingerprint density at radius 3 is 2.73 bits per heavy atom. The third kappa shape index (κ3) is 3.28. The van der Waals surface area contributed by atoms with E-state index in [2.05, 4.69) is 11.9 Å². The van der Waals surface area contributed by atoms with Crippen molar-refractivity contribution in [3.63, 3.8) is 0 Å². The molecule has 0 amide bonds. The van der Waals surface area contributed by atoms with Gasteiger partial charge in [0.1, 0.15) is 23.6 Å². The van der Waals surface area contributed by atoms with Gasteiger partial charge in [0.05, 0.1) is 18.7 Å². The van der Waals surface area contributed by atoms with E-state index in [4.69, 9.17) is 9.15 Å². The smallest absolute Gasteiger partial charge is 0.232 e. The Labute approximate surface area is 175 Å². The number of likely N-dealkylation sites (N-methyl/N-ethyl adjacent to an activating group) is 1. The third-order valence-corrected chi connectivity index (χ3v) is 6.04. The second-order valence-electron chi connectivity index (χ2n) is 8.23. The van der Waals surface area contributed by atoms with Gasteiger partial charge < -0.3 is 19.2 Å². The molecule has 2 aliphatic heterocycles. The number of ketones is 1. The third-order valence-electron chi connectivity index (χ3n) is 6.04. The first-order chi connectivity index (χ1) is 14.5. The molecule has 0 atom stereocenters. The largest absolute Gasteiger partial charge is 0.872 e. The van der Waals surface area contributed by atoms with Crippen LogP contribution in [0.15, 0.2) is 46.6 Å². The van der Waals surface area contributed by atoms with Gasteiger partial charge in [-0.25, -0.2) is 0 Å². The minimum Gasteiger partial charge on any atom is -0.872 e. The highest BCUT2D eigenvalue weighted by Gasteiger charge is 2.33. The number of carbonyl (C=O) groups is 1. The molecule has 0 aliphatic carbocycles. The van der Waals surface area contributed by atoms with Crippen LogP contribution in [0.3, 0.4) is 0 Å². The molecule has 0 saturated carbocycles. The summed E-state index contributed by atoms with van der Waals surface area (Å²) in [6, 6.07) is 11.1. The molecule has 154 valence electrons. The number of hydrogen-bond acceptors (Lipinski definition) is 5. The van der Waals surface area contributed by atoms with Crippen molar-refractivity contribution in [2.75, 3.05) is 33.2 Å². The van der Waals surface area contributed by atoms with Gasteiger partial charge in [-0.1, -0.05) is 30.0 Å². The fourth-order valence-electron chi connectivity index (χ4n) is 4.30. The van der Waals surface area contributed by atoms with Gasteiger partial charge in [-0.2, -0.15) is 0 Å². The molecule has 0 unspecified atom stereocenters. The van der Waals surface area contributed by atoms with Gasteiger partial charge >= 0.3 is 0 Å². The molecule has 6 nitrogen and oxygen atoms in total. The second-order valence-corrected chi connectivity index (χ2v) is 8.23. The Morgan fingerprint density at radius 2 is 1.97 bits per heavy atom. The maximum atomic E-state index is 13.1. The number of furan rings is 1. The lowest BCUT2D eigenvalue weighted by molar-refractivity contribution is -0.918. The van der Waals surface area contributed by atoms with Crippen molar-refractivity contribution in [2.24, 2.45) is 0 Å². The normalized spacial score (nSPS) is 18.9. The minimum absolute atomic E-state index is 0.0598. The number of hydrogen-bond donors (Lipinski definition) is 1. The van der Waals surface area contributed by atoms with Gasteiger partial charge in [0, 0.05) is 30.1 Å². The predicted octanol–water partition coefficient (Wildman–Crippen LogP) is 1.76. The summed E-state index contributed by atoms with van der Waals surface area (Å²) in [6.07, 6.45) is 1.62. The number of carbonyl (C=O) groups excluding carboxylic acids is 1. The zero-order valence-electron chi connectivity index (χ0n) is 17.2. The number of benzene rings is 2. The van der Waals surface area contributed by atoms with Gasteiger partial charge in [-0.3, -0.25) is 9.69 Å². The summed E-state index contributed by atoms with van der Waals surface area (Å²) in [4.78, 5) is 16.7. The van der Waals surface area contributed by atoms with Gasteiger partial charge in [-0.15, -0.1) is 0 Å². The summed E-state index contributed by atoms with van der Waals surface area (Å²) in [6.45, 7) is 6.28. The molecule has 1 saturated heterocycles. The van der Waals surface area contributed by atoms with Gasteiger partial charge in [0.25, 0.3) is 0 Å². The number of nitrogens with zero attached hydrogens (tertiary/aromatic N) is 1. The maximum absolute atomic E-state index is 13.1. The molecule has 6 heteroatoms. The minimum atomic E-state index is -0.197. The summed E-state index contributed by atoms with van der Waals surface area (Å²) in [7, 11) is 2.11. The topological polar surface area (TPSA) is 70.2 Å². The van der Waals surface area contributed by atoms with Crippen molar-refractivity contribution < 1.29 is 24.0 Å². The zero-order chi connectivity index (χ0) is 20.8. The SMILES string of the molecule is Cc1cc([O-])c(C[NH+]2CCN(C)CC2)c2c1C(=O)/C(=C/c1cc3ccccc3o1)O2. The zero-order valence-corrected chi connectivity index (χ0v) is 17.2. The molecule has 30 heavy (non-hydrogen) atoms. The van der Waals surface area contributed by atoms with Crippen LogP contribution in [0, 0.1) is 6.92 Å². The summed E-state index contributed by atoms with van der Waals surface area (Å²) in [5.74, 6) is 0.929. The summed E-state index contributed by atoms with van der Waals surface area (Å²) in [5, 5.41) is 13.7. The summed E-state index contributed by atoms with van der Waals surface area (Å²) >= 11 is 0. The number of fused-ring (bicyclic) bond motifs is 2. The molecule has 2 aromatic carbocycles. The van der Waals surface area contributed by atoms with Gasteiger partial charge in [0.2, 0.25) is 5.78 Å². The van der Waals surface area contributed by atoms with Gasteiger partial charge in [-0.05, 0) is 31.7 Å². The van der Waals surface area contributed by atoms with Crippen molar-refractivity contribution in [2.45, 2.75) is 13.5 Å². The fraction of sp³-hybridized carbons (Fsp3) is 0.292. The molecule has 3 heterocycles. The molecule has 0 spiro atoms. The van der Waals surface area contributed by atoms with E-state index in [0.29, 0.717) is 34.7 Å². The van der Waals surface area contributed by atoms with Crippen molar-refractivity contribution in [3.05, 3.63) is 64.6 Å². The summed E-state index contributed by atoms with van der Waals surface area (Å²) in [5.41, 5.74) is 2.51. The van der Waals surface area contributed by atoms with Crippen molar-refractivity contribution in [1.29, 1.82) is 0 Å². The number of quaternary nitrogens is 1. The van der Waals surface area contributed by atoms with Gasteiger partial charge in [0.15, 0.2) is 5.76 Å². The Kier molecular flexibility index (Phi) is 4.60. The standard InChI is InChI=1S/C24H24N2O4/c1-15-11-19(27)18(14-26-9-7-25(2)8-10-26)24-22(15)23(28)21(30-24)13-17-12-16-5-3-4-6-20(16)29-17/h3-6,11-13,27H,7-10,14H2,1-2H3/b21-13-. The first-order valence-corrected chi connectivity index (χ1v) is 10.3. The van der Waals surface area contributed by atoms with E-state index < -0.39 is 0 Å². The molecule has 0 radical (unpaired) electrons. The lowest BCUT2D eigenvalue weighted by Crippen LogP contribution is -3.13. The van der Waals surface area contributed by atoms with Crippen LogP contribution in [-0.2, 0) is 6.54 Å². The Morgan fingerprint density at radius 1 is 1.20 bits per heavy atom. The highest BCUT2D eigenvalue weighted by atomic mass is 16.5. The number of Topliss-reactive ketones (excluding diaryl/α,β-unsaturated/α-hetero) is 1. The monoisotopic (exact) mass is 404 g/mol. The quantitative estimate of drug-likeness (QED) is 0.674. The van der Waals surface area contributed by atoms with Crippen molar-refractivity contribution in [1.82, 2.24) is 4.90 Å². The van der Waals surface area contributed by atoms with Crippen LogP contribution in [0.5, 0.6) is 11.5 Å². The molecule has 2 aliphatic rings. The number of para-hydroxylation sites is 1. The van der Waals surface area contributed by atoms with Crippen LogP contribution in [0.4, 0.5) is 0 Å². The van der Waals surface area contributed by atoms with E-state index in [-0.39, 0.29) is 17.3 Å². The number of piperazine rings is 1. The van der Waals surface area contributed by atoms with E-state index in [0.717, 1.165) is 37.1 Å². The van der Waals surface area contributed by atoms with Crippen LogP contribution in [0.25, 0.3) is 17.0 Å². The first kappa shape index (κ1) is 18.9. The van der Waals surface area contributed by atoms with Crippen LogP contribution < -0.4 is 14.7 Å². The lowest BCUT2D eigenvalue weighted by Gasteiger charge is -2.31.